The van der Waals surface area contributed by atoms with Gasteiger partial charge in [0.25, 0.3) is 5.69 Å². The maximum atomic E-state index is 13.2. The van der Waals surface area contributed by atoms with Crippen LogP contribution in [0.5, 0.6) is 0 Å². The molecule has 2 amide bonds. The van der Waals surface area contributed by atoms with E-state index in [1.54, 1.807) is 18.2 Å². The van der Waals surface area contributed by atoms with Crippen molar-refractivity contribution >= 4 is 46.7 Å². The first-order valence-electron chi connectivity index (χ1n) is 11.4. The molecular weight excluding hydrogens is 486 g/mol. The Kier molecular flexibility index (Phi) is 8.46. The average Bonchev–Trinajstić information content (AvgIpc) is 2.93. The molecule has 0 saturated carbocycles. The van der Waals surface area contributed by atoms with Crippen LogP contribution in [0.4, 0.5) is 17.1 Å². The van der Waals surface area contributed by atoms with Crippen molar-refractivity contribution in [2.75, 3.05) is 10.6 Å². The summed E-state index contributed by atoms with van der Waals surface area (Å²) in [6, 6.07) is 31.9. The number of hydrogen-bond acceptors (Lipinski definition) is 5. The summed E-state index contributed by atoms with van der Waals surface area (Å²) in [4.78, 5) is 36.7. The largest absolute Gasteiger partial charge is 0.325 e. The summed E-state index contributed by atoms with van der Waals surface area (Å²) < 4.78 is 0. The van der Waals surface area contributed by atoms with Crippen molar-refractivity contribution in [2.24, 2.45) is 0 Å². The van der Waals surface area contributed by atoms with E-state index >= 15 is 0 Å². The van der Waals surface area contributed by atoms with Gasteiger partial charge >= 0.3 is 0 Å². The van der Waals surface area contributed by atoms with Gasteiger partial charge in [-0.15, -0.1) is 11.8 Å². The molecule has 0 saturated heterocycles. The van der Waals surface area contributed by atoms with E-state index in [1.165, 1.54) is 42.1 Å². The molecule has 7 nitrogen and oxygen atoms in total. The minimum atomic E-state index is -0.564. The first-order chi connectivity index (χ1) is 18.0. The lowest BCUT2D eigenvalue weighted by molar-refractivity contribution is -0.384. The summed E-state index contributed by atoms with van der Waals surface area (Å²) in [7, 11) is 0. The third-order valence-electron chi connectivity index (χ3n) is 5.29. The highest BCUT2D eigenvalue weighted by molar-refractivity contribution is 8.00. The summed E-state index contributed by atoms with van der Waals surface area (Å²) in [5.74, 6) is -0.498. The van der Waals surface area contributed by atoms with Crippen molar-refractivity contribution in [3.8, 4) is 0 Å². The summed E-state index contributed by atoms with van der Waals surface area (Å²) in [6.07, 6.45) is 3.22. The topological polar surface area (TPSA) is 101 Å². The zero-order chi connectivity index (χ0) is 26.0. The highest BCUT2D eigenvalue weighted by atomic mass is 32.2. The van der Waals surface area contributed by atoms with Gasteiger partial charge in [-0.1, -0.05) is 60.7 Å². The minimum absolute atomic E-state index is 0.0466. The Morgan fingerprint density at radius 1 is 0.757 bits per heavy atom. The van der Waals surface area contributed by atoms with Crippen molar-refractivity contribution < 1.29 is 14.5 Å². The number of anilines is 2. The van der Waals surface area contributed by atoms with Crippen molar-refractivity contribution in [3.63, 3.8) is 0 Å². The number of nitrogens with one attached hydrogen (secondary N) is 2. The first-order valence-corrected chi connectivity index (χ1v) is 12.3. The summed E-state index contributed by atoms with van der Waals surface area (Å²) in [5, 5.41) is 16.0. The van der Waals surface area contributed by atoms with E-state index in [9.17, 15) is 19.7 Å². The van der Waals surface area contributed by atoms with Gasteiger partial charge in [0.2, 0.25) is 11.8 Å². The van der Waals surface area contributed by atoms with E-state index in [0.717, 1.165) is 16.0 Å². The van der Waals surface area contributed by atoms with Gasteiger partial charge in [0.05, 0.1) is 4.92 Å². The molecule has 0 fully saturated rings. The maximum absolute atomic E-state index is 13.2. The van der Waals surface area contributed by atoms with E-state index in [-0.39, 0.29) is 17.5 Å². The third kappa shape index (κ3) is 7.39. The lowest BCUT2D eigenvalue weighted by Crippen LogP contribution is -2.19. The normalized spacial score (nSPS) is 11.6. The molecule has 4 rings (SSSR count). The number of non-ortho nitro benzene ring substituents is 1. The van der Waals surface area contributed by atoms with Crippen molar-refractivity contribution in [1.29, 1.82) is 0 Å². The molecular formula is C29H23N3O4S. The average molecular weight is 510 g/mol. The number of nitro benzene ring substituents is 1. The molecule has 0 bridgehead atoms. The zero-order valence-electron chi connectivity index (χ0n) is 19.6. The molecule has 0 heterocycles. The fraction of sp³-hybridized carbons (Fsp3) is 0.0345. The lowest BCUT2D eigenvalue weighted by atomic mass is 10.1. The molecule has 0 aliphatic rings. The number of nitro groups is 1. The van der Waals surface area contributed by atoms with Crippen LogP contribution < -0.4 is 10.6 Å². The van der Waals surface area contributed by atoms with Gasteiger partial charge < -0.3 is 10.6 Å². The number of nitrogens with zero attached hydrogens (tertiary/aromatic N) is 1. The van der Waals surface area contributed by atoms with Crippen LogP contribution in [0.1, 0.15) is 16.4 Å². The second-order valence-electron chi connectivity index (χ2n) is 7.96. The van der Waals surface area contributed by atoms with Crippen LogP contribution in [0, 0.1) is 10.1 Å². The Morgan fingerprint density at radius 3 is 1.95 bits per heavy atom. The van der Waals surface area contributed by atoms with Gasteiger partial charge in [-0.3, -0.25) is 19.7 Å². The Balaban J connectivity index is 1.43. The molecule has 2 N–H and O–H groups in total. The third-order valence-corrected chi connectivity index (χ3v) is 6.55. The highest BCUT2D eigenvalue weighted by Crippen LogP contribution is 2.36. The number of benzene rings is 4. The maximum Gasteiger partial charge on any atom is 0.269 e. The molecule has 4 aromatic rings. The molecule has 1 atom stereocenters. The molecule has 0 spiro atoms. The van der Waals surface area contributed by atoms with Crippen molar-refractivity contribution in [3.05, 3.63) is 137 Å². The zero-order valence-corrected chi connectivity index (χ0v) is 20.4. The van der Waals surface area contributed by atoms with Gasteiger partial charge in [0, 0.05) is 34.5 Å². The van der Waals surface area contributed by atoms with Gasteiger partial charge in [0.1, 0.15) is 5.25 Å². The fourth-order valence-corrected chi connectivity index (χ4v) is 4.47. The molecule has 0 aromatic heterocycles. The molecule has 0 aliphatic heterocycles. The number of carbonyl (C=O) groups is 2. The van der Waals surface area contributed by atoms with Gasteiger partial charge in [-0.2, -0.15) is 0 Å². The standard InChI is InChI=1S/C29H23N3O4S/c33-27(20-11-21-7-3-1-4-8-21)30-23-14-18-26(19-15-23)37-28(22-9-5-2-6-10-22)29(34)31-24-12-16-25(17-13-24)32(35)36/h1-20,28H,(H,30,33)(H,31,34)/b20-11+. The van der Waals surface area contributed by atoms with Gasteiger partial charge in [-0.25, -0.2) is 0 Å². The van der Waals surface area contributed by atoms with E-state index in [2.05, 4.69) is 10.6 Å². The predicted octanol–water partition coefficient (Wildman–Crippen LogP) is 6.72. The van der Waals surface area contributed by atoms with E-state index in [0.29, 0.717) is 11.4 Å². The van der Waals surface area contributed by atoms with Crippen molar-refractivity contribution in [2.45, 2.75) is 10.1 Å². The van der Waals surface area contributed by atoms with E-state index in [1.807, 2.05) is 72.8 Å². The van der Waals surface area contributed by atoms with Crippen LogP contribution >= 0.6 is 11.8 Å². The Labute approximate surface area is 218 Å². The van der Waals surface area contributed by atoms with Crippen LogP contribution in [0.25, 0.3) is 6.08 Å². The fourth-order valence-electron chi connectivity index (χ4n) is 3.45. The minimum Gasteiger partial charge on any atom is -0.325 e. The molecule has 0 aliphatic carbocycles. The van der Waals surface area contributed by atoms with Crippen LogP contribution in [0.3, 0.4) is 0 Å². The van der Waals surface area contributed by atoms with Crippen LogP contribution in [-0.4, -0.2) is 16.7 Å². The number of amides is 2. The highest BCUT2D eigenvalue weighted by Gasteiger charge is 2.22. The lowest BCUT2D eigenvalue weighted by Gasteiger charge is -2.17. The second-order valence-corrected chi connectivity index (χ2v) is 9.14. The molecule has 0 radical (unpaired) electrons. The molecule has 4 aromatic carbocycles. The SMILES string of the molecule is O=C(/C=C/c1ccccc1)Nc1ccc(SC(C(=O)Nc2ccc([N+](=O)[O-])cc2)c2ccccc2)cc1. The van der Waals surface area contributed by atoms with E-state index in [4.69, 9.17) is 0 Å². The smallest absolute Gasteiger partial charge is 0.269 e. The van der Waals surface area contributed by atoms with Gasteiger partial charge in [-0.05, 0) is 53.6 Å². The monoisotopic (exact) mass is 509 g/mol. The van der Waals surface area contributed by atoms with Crippen LogP contribution in [0.2, 0.25) is 0 Å². The molecule has 37 heavy (non-hydrogen) atoms. The van der Waals surface area contributed by atoms with E-state index < -0.39 is 10.2 Å². The molecule has 1 unspecified atom stereocenters. The Hall–Kier alpha value is -4.69. The second kappa shape index (κ2) is 12.3. The Morgan fingerprint density at radius 2 is 1.32 bits per heavy atom. The number of carbonyl (C=O) groups excluding carboxylic acids is 2. The molecule has 184 valence electrons. The van der Waals surface area contributed by atoms with Gasteiger partial charge in [0.15, 0.2) is 0 Å². The molecule has 8 heteroatoms. The Bertz CT molecular complexity index is 1390. The number of rotatable bonds is 9. The predicted molar refractivity (Wildman–Crippen MR) is 147 cm³/mol. The summed E-state index contributed by atoms with van der Waals surface area (Å²) in [5.41, 5.74) is 2.81. The summed E-state index contributed by atoms with van der Waals surface area (Å²) in [6.45, 7) is 0. The number of hydrogen-bond donors (Lipinski definition) is 2. The summed E-state index contributed by atoms with van der Waals surface area (Å²) >= 11 is 1.37. The van der Waals surface area contributed by atoms with Crippen LogP contribution in [0.15, 0.2) is 120 Å². The number of thioether (sulfide) groups is 1. The van der Waals surface area contributed by atoms with Crippen LogP contribution in [-0.2, 0) is 9.59 Å². The van der Waals surface area contributed by atoms with Crippen molar-refractivity contribution in [1.82, 2.24) is 0 Å². The first kappa shape index (κ1) is 25.4. The quantitative estimate of drug-likeness (QED) is 0.113.